The summed E-state index contributed by atoms with van der Waals surface area (Å²) in [5.41, 5.74) is 0.897. The fraction of sp³-hybridized carbons (Fsp3) is 0.538. The van der Waals surface area contributed by atoms with Crippen LogP contribution in [0.25, 0.3) is 0 Å². The third-order valence-electron chi connectivity index (χ3n) is 3.14. The van der Waals surface area contributed by atoms with Gasteiger partial charge in [-0.15, -0.1) is 0 Å². The largest absolute Gasteiger partial charge is 0.495 e. The van der Waals surface area contributed by atoms with Gasteiger partial charge >= 0.3 is 0 Å². The number of anilines is 1. The number of methoxy groups -OCH3 is 1. The van der Waals surface area contributed by atoms with Crippen LogP contribution in [0.4, 0.5) is 14.5 Å². The van der Waals surface area contributed by atoms with E-state index < -0.39 is 6.43 Å². The summed E-state index contributed by atoms with van der Waals surface area (Å²) in [5.74, 6) is 0.523. The van der Waals surface area contributed by atoms with Crippen molar-refractivity contribution < 1.29 is 13.5 Å². The van der Waals surface area contributed by atoms with Gasteiger partial charge in [0.15, 0.2) is 0 Å². The number of nitrogens with one attached hydrogen (secondary N) is 1. The van der Waals surface area contributed by atoms with Gasteiger partial charge in [-0.3, -0.25) is 0 Å². The van der Waals surface area contributed by atoms with E-state index in [1.54, 1.807) is 6.07 Å². The molecule has 1 heterocycles. The molecular weight excluding hydrogens is 238 g/mol. The Labute approximate surface area is 106 Å². The second-order valence-electron chi connectivity index (χ2n) is 4.32. The Morgan fingerprint density at radius 1 is 1.28 bits per heavy atom. The Kier molecular flexibility index (Phi) is 4.36. The van der Waals surface area contributed by atoms with Gasteiger partial charge in [-0.1, -0.05) is 6.07 Å². The average molecular weight is 256 g/mol. The van der Waals surface area contributed by atoms with Crippen LogP contribution in [-0.4, -0.2) is 33.3 Å². The predicted molar refractivity (Wildman–Crippen MR) is 67.7 cm³/mol. The first-order chi connectivity index (χ1) is 8.72. The summed E-state index contributed by atoms with van der Waals surface area (Å²) in [6.07, 6.45) is -1.42. The number of ether oxygens (including phenoxy) is 1. The normalized spacial score (nSPS) is 16.8. The second-order valence-corrected chi connectivity index (χ2v) is 4.32. The zero-order valence-corrected chi connectivity index (χ0v) is 10.5. The van der Waals surface area contributed by atoms with E-state index in [1.165, 1.54) is 19.2 Å². The maximum atomic E-state index is 12.6. The van der Waals surface area contributed by atoms with Crippen molar-refractivity contribution in [2.45, 2.75) is 12.8 Å². The maximum absolute atomic E-state index is 12.6. The molecule has 0 aromatic heterocycles. The highest BCUT2D eigenvalue weighted by molar-refractivity contribution is 5.60. The van der Waals surface area contributed by atoms with Gasteiger partial charge in [0, 0.05) is 25.2 Å². The molecule has 1 saturated heterocycles. The highest BCUT2D eigenvalue weighted by Crippen LogP contribution is 2.32. The number of alkyl halides is 2. The van der Waals surface area contributed by atoms with E-state index in [1.807, 2.05) is 0 Å². The van der Waals surface area contributed by atoms with E-state index >= 15 is 0 Å². The van der Waals surface area contributed by atoms with Gasteiger partial charge in [0.25, 0.3) is 6.43 Å². The van der Waals surface area contributed by atoms with Crippen LogP contribution in [-0.2, 0) is 0 Å². The molecule has 2 rings (SSSR count). The second kappa shape index (κ2) is 6.00. The molecule has 1 aromatic carbocycles. The van der Waals surface area contributed by atoms with Gasteiger partial charge in [0.2, 0.25) is 0 Å². The van der Waals surface area contributed by atoms with Gasteiger partial charge in [0.05, 0.1) is 12.8 Å². The predicted octanol–water partition coefficient (Wildman–Crippen LogP) is 2.43. The van der Waals surface area contributed by atoms with Crippen LogP contribution >= 0.6 is 0 Å². The molecule has 0 aliphatic carbocycles. The Hall–Kier alpha value is -1.36. The van der Waals surface area contributed by atoms with Crippen molar-refractivity contribution in [2.24, 2.45) is 0 Å². The number of nitrogens with zero attached hydrogens (tertiary/aromatic N) is 1. The maximum Gasteiger partial charge on any atom is 0.263 e. The first-order valence-electron chi connectivity index (χ1n) is 6.14. The zero-order valence-electron chi connectivity index (χ0n) is 10.5. The minimum atomic E-state index is -2.46. The van der Waals surface area contributed by atoms with Crippen molar-refractivity contribution in [1.82, 2.24) is 5.32 Å². The number of hydrogen-bond acceptors (Lipinski definition) is 3. The Balaban J connectivity index is 2.25. The molecule has 18 heavy (non-hydrogen) atoms. The molecule has 0 atom stereocenters. The van der Waals surface area contributed by atoms with Crippen LogP contribution in [0, 0.1) is 0 Å². The minimum absolute atomic E-state index is 0.00328. The molecule has 1 aliphatic heterocycles. The highest BCUT2D eigenvalue weighted by Gasteiger charge is 2.16. The van der Waals surface area contributed by atoms with E-state index in [0.717, 1.165) is 38.3 Å². The van der Waals surface area contributed by atoms with Crippen LogP contribution in [0.1, 0.15) is 18.4 Å². The van der Waals surface area contributed by atoms with Crippen LogP contribution in [0.2, 0.25) is 0 Å². The molecule has 0 radical (unpaired) electrons. The fourth-order valence-electron chi connectivity index (χ4n) is 2.18. The summed E-state index contributed by atoms with van der Waals surface area (Å²) in [4.78, 5) is 2.17. The van der Waals surface area contributed by atoms with E-state index in [9.17, 15) is 8.78 Å². The third kappa shape index (κ3) is 2.90. The SMILES string of the molecule is COc1cc(C(F)F)ccc1N1CCCNCC1. The lowest BCUT2D eigenvalue weighted by Gasteiger charge is -2.24. The first kappa shape index (κ1) is 13.1. The molecule has 100 valence electrons. The summed E-state index contributed by atoms with van der Waals surface area (Å²) in [6.45, 7) is 3.68. The molecule has 0 amide bonds. The van der Waals surface area contributed by atoms with Gasteiger partial charge in [-0.2, -0.15) is 0 Å². The van der Waals surface area contributed by atoms with E-state index in [4.69, 9.17) is 4.74 Å². The smallest absolute Gasteiger partial charge is 0.263 e. The van der Waals surface area contributed by atoms with Crippen LogP contribution in [0.15, 0.2) is 18.2 Å². The van der Waals surface area contributed by atoms with Gasteiger partial charge in [-0.25, -0.2) is 8.78 Å². The van der Waals surface area contributed by atoms with Gasteiger partial charge in [-0.05, 0) is 25.1 Å². The molecule has 1 fully saturated rings. The molecule has 1 N–H and O–H groups in total. The molecule has 1 aliphatic rings. The van der Waals surface area contributed by atoms with Crippen molar-refractivity contribution in [3.63, 3.8) is 0 Å². The minimum Gasteiger partial charge on any atom is -0.495 e. The summed E-state index contributed by atoms with van der Waals surface area (Å²) in [7, 11) is 1.52. The van der Waals surface area contributed by atoms with Crippen molar-refractivity contribution in [2.75, 3.05) is 38.2 Å². The molecule has 0 spiro atoms. The van der Waals surface area contributed by atoms with E-state index in [-0.39, 0.29) is 5.56 Å². The number of benzene rings is 1. The standard InChI is InChI=1S/C13H18F2N2O/c1-18-12-9-10(13(14)15)3-4-11(12)17-7-2-5-16-6-8-17/h3-4,9,13,16H,2,5-8H2,1H3. The monoisotopic (exact) mass is 256 g/mol. The fourth-order valence-corrected chi connectivity index (χ4v) is 2.18. The average Bonchev–Trinajstić information content (AvgIpc) is 2.66. The van der Waals surface area contributed by atoms with E-state index in [2.05, 4.69) is 10.2 Å². The molecule has 0 unspecified atom stereocenters. The Morgan fingerprint density at radius 3 is 2.83 bits per heavy atom. The summed E-state index contributed by atoms with van der Waals surface area (Å²) in [5, 5.41) is 3.31. The Bertz CT molecular complexity index is 391. The molecule has 5 heteroatoms. The number of halogens is 2. The van der Waals surface area contributed by atoms with Gasteiger partial charge < -0.3 is 15.0 Å². The quantitative estimate of drug-likeness (QED) is 0.899. The van der Waals surface area contributed by atoms with Crippen LogP contribution < -0.4 is 15.0 Å². The molecule has 1 aromatic rings. The summed E-state index contributed by atoms with van der Waals surface area (Å²) >= 11 is 0. The molecular formula is C13H18F2N2O. The lowest BCUT2D eigenvalue weighted by atomic mass is 10.1. The number of hydrogen-bond donors (Lipinski definition) is 1. The summed E-state index contributed by atoms with van der Waals surface area (Å²) in [6, 6.07) is 4.63. The van der Waals surface area contributed by atoms with Crippen molar-refractivity contribution in [3.05, 3.63) is 23.8 Å². The van der Waals surface area contributed by atoms with Crippen LogP contribution in [0.3, 0.4) is 0 Å². The van der Waals surface area contributed by atoms with Gasteiger partial charge in [0.1, 0.15) is 5.75 Å². The topological polar surface area (TPSA) is 24.5 Å². The summed E-state index contributed by atoms with van der Waals surface area (Å²) < 4.78 is 30.5. The van der Waals surface area contributed by atoms with E-state index in [0.29, 0.717) is 5.75 Å². The van der Waals surface area contributed by atoms with Crippen molar-refractivity contribution in [3.8, 4) is 5.75 Å². The first-order valence-corrected chi connectivity index (χ1v) is 6.14. The molecule has 0 bridgehead atoms. The Morgan fingerprint density at radius 2 is 2.11 bits per heavy atom. The lowest BCUT2D eigenvalue weighted by Crippen LogP contribution is -2.28. The highest BCUT2D eigenvalue weighted by atomic mass is 19.3. The molecule has 0 saturated carbocycles. The van der Waals surface area contributed by atoms with Crippen LogP contribution in [0.5, 0.6) is 5.75 Å². The zero-order chi connectivity index (χ0) is 13.0. The third-order valence-corrected chi connectivity index (χ3v) is 3.14. The lowest BCUT2D eigenvalue weighted by molar-refractivity contribution is 0.151. The molecule has 3 nitrogen and oxygen atoms in total. The van der Waals surface area contributed by atoms with Crippen molar-refractivity contribution >= 4 is 5.69 Å². The number of rotatable bonds is 3. The van der Waals surface area contributed by atoms with Crippen molar-refractivity contribution in [1.29, 1.82) is 0 Å².